The predicted molar refractivity (Wildman–Crippen MR) is 47.1 cm³/mol. The monoisotopic (exact) mass is 169 g/mol. The maximum atomic E-state index is 11.3. The molecule has 1 N–H and O–H groups in total. The number of nitrogens with zero attached hydrogens (tertiary/aromatic N) is 1. The lowest BCUT2D eigenvalue weighted by Crippen LogP contribution is -2.34. The zero-order valence-electron chi connectivity index (χ0n) is 7.63. The number of hydrogen-bond acceptors (Lipinski definition) is 3. The predicted octanol–water partition coefficient (Wildman–Crippen LogP) is 1.11. The molecule has 0 bridgehead atoms. The van der Waals surface area contributed by atoms with Crippen LogP contribution in [0.2, 0.25) is 0 Å². The molecule has 1 aliphatic heterocycles. The van der Waals surface area contributed by atoms with Crippen LogP contribution in [0.5, 0.6) is 0 Å². The van der Waals surface area contributed by atoms with Gasteiger partial charge >= 0.3 is 0 Å². The van der Waals surface area contributed by atoms with Gasteiger partial charge in [0, 0.05) is 18.5 Å². The number of carbonyl (C=O) groups is 1. The average Bonchev–Trinajstić information content (AvgIpc) is 2.03. The second kappa shape index (κ2) is 3.72. The normalized spacial score (nSPS) is 24.3. The van der Waals surface area contributed by atoms with Crippen molar-refractivity contribution in [3.05, 3.63) is 11.3 Å². The van der Waals surface area contributed by atoms with Crippen LogP contribution in [-0.2, 0) is 4.79 Å². The van der Waals surface area contributed by atoms with Crippen molar-refractivity contribution in [2.24, 2.45) is 0 Å². The molecular weight excluding hydrogens is 154 g/mol. The molecule has 0 radical (unpaired) electrons. The minimum absolute atomic E-state index is 0.0723. The molecule has 1 heterocycles. The summed E-state index contributed by atoms with van der Waals surface area (Å²) in [6.07, 6.45) is 1.25. The van der Waals surface area contributed by atoms with E-state index in [0.717, 1.165) is 6.54 Å². The van der Waals surface area contributed by atoms with Crippen LogP contribution in [0.15, 0.2) is 11.3 Å². The Labute approximate surface area is 72.7 Å². The van der Waals surface area contributed by atoms with Crippen molar-refractivity contribution in [2.45, 2.75) is 19.8 Å². The van der Waals surface area contributed by atoms with E-state index in [0.29, 0.717) is 25.0 Å². The first-order valence-electron chi connectivity index (χ1n) is 4.28. The summed E-state index contributed by atoms with van der Waals surface area (Å²) in [7, 11) is 1.91. The van der Waals surface area contributed by atoms with Crippen molar-refractivity contribution in [3.63, 3.8) is 0 Å². The summed E-state index contributed by atoms with van der Waals surface area (Å²) in [5, 5.41) is 9.38. The number of ketones is 1. The number of allylic oxidation sites excluding steroid dienone is 1. The van der Waals surface area contributed by atoms with Gasteiger partial charge in [-0.2, -0.15) is 0 Å². The third-order valence-electron chi connectivity index (χ3n) is 2.18. The van der Waals surface area contributed by atoms with E-state index in [2.05, 4.69) is 0 Å². The van der Waals surface area contributed by atoms with Gasteiger partial charge in [-0.1, -0.05) is 6.92 Å². The van der Waals surface area contributed by atoms with Crippen LogP contribution >= 0.6 is 0 Å². The zero-order chi connectivity index (χ0) is 9.14. The Morgan fingerprint density at radius 2 is 2.33 bits per heavy atom. The SMILES string of the molecule is CCC(O)=C1CCN(C)CC1=O. The van der Waals surface area contributed by atoms with Gasteiger partial charge in [-0.05, 0) is 13.5 Å². The second-order valence-corrected chi connectivity index (χ2v) is 3.19. The molecule has 0 aliphatic carbocycles. The minimum atomic E-state index is 0.0723. The van der Waals surface area contributed by atoms with Gasteiger partial charge in [0.05, 0.1) is 12.3 Å². The number of Topliss-reactive ketones (excluding diaryl/α,β-unsaturated/α-hetero) is 1. The molecule has 0 aromatic heterocycles. The number of aliphatic hydroxyl groups is 1. The number of likely N-dealkylation sites (N-methyl/N-ethyl adjacent to an activating group) is 1. The molecule has 1 saturated heterocycles. The quantitative estimate of drug-likeness (QED) is 0.472. The van der Waals surface area contributed by atoms with Crippen LogP contribution in [0.4, 0.5) is 0 Å². The van der Waals surface area contributed by atoms with Crippen molar-refractivity contribution in [1.82, 2.24) is 4.90 Å². The molecule has 3 nitrogen and oxygen atoms in total. The highest BCUT2D eigenvalue weighted by Crippen LogP contribution is 2.16. The minimum Gasteiger partial charge on any atom is -0.512 e. The van der Waals surface area contributed by atoms with E-state index in [1.54, 1.807) is 0 Å². The van der Waals surface area contributed by atoms with E-state index >= 15 is 0 Å². The van der Waals surface area contributed by atoms with Crippen LogP contribution in [0.3, 0.4) is 0 Å². The van der Waals surface area contributed by atoms with E-state index in [9.17, 15) is 9.90 Å². The summed E-state index contributed by atoms with van der Waals surface area (Å²) in [6.45, 7) is 3.17. The Morgan fingerprint density at radius 3 is 2.83 bits per heavy atom. The highest BCUT2D eigenvalue weighted by Gasteiger charge is 2.21. The topological polar surface area (TPSA) is 40.5 Å². The van der Waals surface area contributed by atoms with E-state index < -0.39 is 0 Å². The average molecular weight is 169 g/mol. The van der Waals surface area contributed by atoms with E-state index in [4.69, 9.17) is 0 Å². The molecular formula is C9H15NO2. The summed E-state index contributed by atoms with van der Waals surface area (Å²) in [5.74, 6) is 0.344. The molecule has 1 rings (SSSR count). The molecule has 3 heteroatoms. The van der Waals surface area contributed by atoms with Crippen LogP contribution in [0.1, 0.15) is 19.8 Å². The molecule has 1 fully saturated rings. The lowest BCUT2D eigenvalue weighted by Gasteiger charge is -2.23. The maximum Gasteiger partial charge on any atom is 0.176 e. The van der Waals surface area contributed by atoms with Gasteiger partial charge in [0.25, 0.3) is 0 Å². The third-order valence-corrected chi connectivity index (χ3v) is 2.18. The molecule has 1 aliphatic rings. The van der Waals surface area contributed by atoms with Crippen molar-refractivity contribution in [1.29, 1.82) is 0 Å². The van der Waals surface area contributed by atoms with Crippen molar-refractivity contribution < 1.29 is 9.90 Å². The number of aliphatic hydroxyl groups excluding tert-OH is 1. The Hall–Kier alpha value is -0.830. The number of carbonyl (C=O) groups excluding carboxylic acids is 1. The smallest absolute Gasteiger partial charge is 0.176 e. The summed E-state index contributed by atoms with van der Waals surface area (Å²) in [5.41, 5.74) is 0.635. The largest absolute Gasteiger partial charge is 0.512 e. The first-order chi connectivity index (χ1) is 5.65. The van der Waals surface area contributed by atoms with Gasteiger partial charge in [-0.25, -0.2) is 0 Å². The molecule has 0 amide bonds. The molecule has 0 saturated carbocycles. The number of hydrogen-bond donors (Lipinski definition) is 1. The van der Waals surface area contributed by atoms with E-state index in [-0.39, 0.29) is 11.5 Å². The summed E-state index contributed by atoms with van der Waals surface area (Å²) in [6, 6.07) is 0. The fourth-order valence-electron chi connectivity index (χ4n) is 1.38. The molecule has 0 atom stereocenters. The third kappa shape index (κ3) is 1.85. The highest BCUT2D eigenvalue weighted by atomic mass is 16.3. The number of rotatable bonds is 1. The van der Waals surface area contributed by atoms with Crippen LogP contribution in [-0.4, -0.2) is 35.9 Å². The molecule has 0 spiro atoms. The fraction of sp³-hybridized carbons (Fsp3) is 0.667. The summed E-state index contributed by atoms with van der Waals surface area (Å²) in [4.78, 5) is 13.3. The van der Waals surface area contributed by atoms with Gasteiger partial charge in [-0.15, -0.1) is 0 Å². The lowest BCUT2D eigenvalue weighted by atomic mass is 10.0. The van der Waals surface area contributed by atoms with Crippen LogP contribution in [0.25, 0.3) is 0 Å². The fourth-order valence-corrected chi connectivity index (χ4v) is 1.38. The molecule has 0 aromatic carbocycles. The summed E-state index contributed by atoms with van der Waals surface area (Å²) >= 11 is 0. The first-order valence-corrected chi connectivity index (χ1v) is 4.28. The number of piperidine rings is 1. The van der Waals surface area contributed by atoms with E-state index in [1.807, 2.05) is 18.9 Å². The standard InChI is InChI=1S/C9H15NO2/c1-3-8(11)7-4-5-10(2)6-9(7)12/h11H,3-6H2,1-2H3. The van der Waals surface area contributed by atoms with Crippen LogP contribution in [0, 0.1) is 0 Å². The summed E-state index contributed by atoms with van der Waals surface area (Å²) < 4.78 is 0. The molecule has 0 unspecified atom stereocenters. The molecule has 68 valence electrons. The van der Waals surface area contributed by atoms with Gasteiger partial charge in [0.2, 0.25) is 0 Å². The van der Waals surface area contributed by atoms with E-state index in [1.165, 1.54) is 0 Å². The highest BCUT2D eigenvalue weighted by molar-refractivity contribution is 5.98. The van der Waals surface area contributed by atoms with Gasteiger partial charge in [0.15, 0.2) is 5.78 Å². The molecule has 12 heavy (non-hydrogen) atoms. The molecule has 0 aromatic rings. The Kier molecular flexibility index (Phi) is 2.87. The number of likely N-dealkylation sites (tertiary alicyclic amines) is 1. The first kappa shape index (κ1) is 9.26. The van der Waals surface area contributed by atoms with Crippen LogP contribution < -0.4 is 0 Å². The Morgan fingerprint density at radius 1 is 1.67 bits per heavy atom. The van der Waals surface area contributed by atoms with Gasteiger partial charge in [-0.3, -0.25) is 9.69 Å². The van der Waals surface area contributed by atoms with Gasteiger partial charge in [0.1, 0.15) is 0 Å². The zero-order valence-corrected chi connectivity index (χ0v) is 7.63. The van der Waals surface area contributed by atoms with Crippen molar-refractivity contribution in [3.8, 4) is 0 Å². The lowest BCUT2D eigenvalue weighted by molar-refractivity contribution is -0.117. The maximum absolute atomic E-state index is 11.3. The van der Waals surface area contributed by atoms with Gasteiger partial charge < -0.3 is 5.11 Å². The van der Waals surface area contributed by atoms with Crippen molar-refractivity contribution >= 4 is 5.78 Å². The second-order valence-electron chi connectivity index (χ2n) is 3.19. The van der Waals surface area contributed by atoms with Crippen molar-refractivity contribution in [2.75, 3.05) is 20.1 Å². The Balaban J connectivity index is 2.75. The Bertz CT molecular complexity index is 221.